The number of hydrogen-bond acceptors (Lipinski definition) is 1. The third-order valence-electron chi connectivity index (χ3n) is 3.13. The van der Waals surface area contributed by atoms with Gasteiger partial charge < -0.3 is 0 Å². The summed E-state index contributed by atoms with van der Waals surface area (Å²) in [5, 5.41) is 1.23. The van der Waals surface area contributed by atoms with E-state index in [9.17, 15) is 0 Å². The molecular formula is C15H13NSSe. The minimum absolute atomic E-state index is 0.268. The Hall–Kier alpha value is -1.15. The fraction of sp³-hybridized carbons (Fsp3) is 0.133. The number of rotatable bonds is 1. The average molecular weight is 318 g/mol. The molecule has 0 unspecified atom stereocenters. The molecule has 0 amide bonds. The van der Waals surface area contributed by atoms with Crippen molar-refractivity contribution in [1.29, 1.82) is 0 Å². The molecule has 0 aliphatic rings. The first-order valence-corrected chi connectivity index (χ1v) is 7.89. The molecule has 0 aliphatic heterocycles. The van der Waals surface area contributed by atoms with Crippen LogP contribution in [0, 0.1) is 18.5 Å². The van der Waals surface area contributed by atoms with Gasteiger partial charge in [0, 0.05) is 0 Å². The second kappa shape index (κ2) is 4.51. The maximum absolute atomic E-state index is 5.64. The zero-order valence-corrected chi connectivity index (χ0v) is 12.8. The van der Waals surface area contributed by atoms with Crippen LogP contribution in [0.2, 0.25) is 0 Å². The summed E-state index contributed by atoms with van der Waals surface area (Å²) in [6.07, 6.45) is 0. The molecule has 3 heteroatoms. The Morgan fingerprint density at radius 2 is 1.61 bits per heavy atom. The predicted octanol–water partition coefficient (Wildman–Crippen LogP) is 4.03. The summed E-state index contributed by atoms with van der Waals surface area (Å²) >= 11 is 5.91. The standard InChI is InChI=1S/C15H13NSSe/c1-10-6-5-7-11(2)14(10)16-15(17)12-8-3-4-9-13(12)18-16/h3-9H,1-2H3. The molecule has 90 valence electrons. The number of hydrogen-bond donors (Lipinski definition) is 0. The van der Waals surface area contributed by atoms with Gasteiger partial charge >= 0.3 is 118 Å². The number of aryl methyl sites for hydroxylation is 2. The molecule has 3 aromatic rings. The van der Waals surface area contributed by atoms with Gasteiger partial charge in [0.2, 0.25) is 0 Å². The number of fused-ring (bicyclic) bond motifs is 1. The van der Waals surface area contributed by atoms with Gasteiger partial charge in [0.15, 0.2) is 0 Å². The van der Waals surface area contributed by atoms with E-state index in [4.69, 9.17) is 12.2 Å². The molecule has 1 aromatic heterocycles. The van der Waals surface area contributed by atoms with Gasteiger partial charge in [-0.25, -0.2) is 0 Å². The second-order valence-corrected chi connectivity index (χ2v) is 6.89. The molecule has 0 aliphatic carbocycles. The molecule has 2 aromatic carbocycles. The van der Waals surface area contributed by atoms with Crippen molar-refractivity contribution in [3.05, 3.63) is 58.2 Å². The van der Waals surface area contributed by atoms with Crippen LogP contribution in [0.15, 0.2) is 42.5 Å². The topological polar surface area (TPSA) is 4.93 Å². The van der Waals surface area contributed by atoms with Crippen molar-refractivity contribution in [3.8, 4) is 5.69 Å². The van der Waals surface area contributed by atoms with Crippen molar-refractivity contribution < 1.29 is 0 Å². The molecule has 3 rings (SSSR count). The van der Waals surface area contributed by atoms with Gasteiger partial charge in [0.25, 0.3) is 0 Å². The van der Waals surface area contributed by atoms with Crippen molar-refractivity contribution in [3.63, 3.8) is 0 Å². The van der Waals surface area contributed by atoms with Crippen LogP contribution in [0.1, 0.15) is 11.1 Å². The van der Waals surface area contributed by atoms with Gasteiger partial charge in [-0.1, -0.05) is 0 Å². The summed E-state index contributed by atoms with van der Waals surface area (Å²) < 4.78 is 4.68. The van der Waals surface area contributed by atoms with Crippen LogP contribution in [-0.4, -0.2) is 18.3 Å². The van der Waals surface area contributed by atoms with Gasteiger partial charge in [-0.3, -0.25) is 0 Å². The minimum atomic E-state index is 0.268. The third-order valence-corrected chi connectivity index (χ3v) is 6.11. The van der Waals surface area contributed by atoms with Gasteiger partial charge in [-0.05, 0) is 0 Å². The molecular weight excluding hydrogens is 305 g/mol. The van der Waals surface area contributed by atoms with Crippen molar-refractivity contribution in [2.75, 3.05) is 0 Å². The van der Waals surface area contributed by atoms with Crippen molar-refractivity contribution >= 4 is 36.6 Å². The molecule has 0 N–H and O–H groups in total. The van der Waals surface area contributed by atoms with Crippen LogP contribution in [0.4, 0.5) is 0 Å². The number of benzene rings is 2. The number of nitrogens with zero attached hydrogens (tertiary/aromatic N) is 1. The number of para-hydroxylation sites is 1. The molecule has 0 saturated carbocycles. The molecule has 0 bridgehead atoms. The van der Waals surface area contributed by atoms with E-state index in [0.29, 0.717) is 0 Å². The normalized spacial score (nSPS) is 11.0. The number of aromatic nitrogens is 1. The van der Waals surface area contributed by atoms with E-state index in [2.05, 4.69) is 59.9 Å². The molecule has 0 radical (unpaired) electrons. The van der Waals surface area contributed by atoms with Crippen LogP contribution in [0.25, 0.3) is 15.3 Å². The zero-order chi connectivity index (χ0) is 12.7. The van der Waals surface area contributed by atoms with E-state index in [-0.39, 0.29) is 14.7 Å². The quantitative estimate of drug-likeness (QED) is 0.484. The molecule has 18 heavy (non-hydrogen) atoms. The van der Waals surface area contributed by atoms with Crippen LogP contribution in [-0.2, 0) is 0 Å². The van der Waals surface area contributed by atoms with E-state index in [1.807, 2.05) is 0 Å². The second-order valence-electron chi connectivity index (χ2n) is 4.43. The fourth-order valence-corrected chi connectivity index (χ4v) is 5.29. The van der Waals surface area contributed by atoms with E-state index in [1.54, 1.807) is 0 Å². The molecule has 1 heterocycles. The van der Waals surface area contributed by atoms with E-state index < -0.39 is 0 Å². The molecule has 0 atom stereocenters. The Labute approximate surface area is 118 Å². The third kappa shape index (κ3) is 1.79. The first-order chi connectivity index (χ1) is 8.68. The predicted molar refractivity (Wildman–Crippen MR) is 80.5 cm³/mol. The van der Waals surface area contributed by atoms with E-state index >= 15 is 0 Å². The van der Waals surface area contributed by atoms with Crippen LogP contribution < -0.4 is 0 Å². The van der Waals surface area contributed by atoms with Crippen molar-refractivity contribution in [2.24, 2.45) is 0 Å². The van der Waals surface area contributed by atoms with Gasteiger partial charge in [0.1, 0.15) is 0 Å². The summed E-state index contributed by atoms with van der Waals surface area (Å²) in [4.78, 5) is 0. The Kier molecular flexibility index (Phi) is 2.98. The van der Waals surface area contributed by atoms with Gasteiger partial charge in [0.05, 0.1) is 0 Å². The van der Waals surface area contributed by atoms with Crippen molar-refractivity contribution in [1.82, 2.24) is 3.56 Å². The Bertz CT molecular complexity index is 762. The van der Waals surface area contributed by atoms with Gasteiger partial charge in [-0.15, -0.1) is 0 Å². The summed E-state index contributed by atoms with van der Waals surface area (Å²) in [7, 11) is 0. The maximum atomic E-state index is 5.64. The summed E-state index contributed by atoms with van der Waals surface area (Å²) in [5.74, 6) is 0. The molecule has 0 spiro atoms. The van der Waals surface area contributed by atoms with Crippen LogP contribution in [0.5, 0.6) is 0 Å². The molecule has 0 saturated heterocycles. The zero-order valence-electron chi connectivity index (χ0n) is 10.3. The summed E-state index contributed by atoms with van der Waals surface area (Å²) in [5.41, 5.74) is 3.89. The molecule has 0 fully saturated rings. The van der Waals surface area contributed by atoms with Crippen molar-refractivity contribution in [2.45, 2.75) is 13.8 Å². The fourth-order valence-electron chi connectivity index (χ4n) is 2.25. The summed E-state index contributed by atoms with van der Waals surface area (Å²) in [6, 6.07) is 14.9. The van der Waals surface area contributed by atoms with Crippen LogP contribution in [0.3, 0.4) is 0 Å². The molecule has 1 nitrogen and oxygen atoms in total. The van der Waals surface area contributed by atoms with Crippen LogP contribution >= 0.6 is 12.2 Å². The van der Waals surface area contributed by atoms with Gasteiger partial charge in [-0.2, -0.15) is 0 Å². The Morgan fingerprint density at radius 3 is 2.28 bits per heavy atom. The Morgan fingerprint density at radius 1 is 0.944 bits per heavy atom. The summed E-state index contributed by atoms with van der Waals surface area (Å²) in [6.45, 7) is 4.31. The first-order valence-electron chi connectivity index (χ1n) is 5.86. The van der Waals surface area contributed by atoms with E-state index in [0.717, 1.165) is 4.64 Å². The van der Waals surface area contributed by atoms with E-state index in [1.165, 1.54) is 26.5 Å². The first kappa shape index (κ1) is 11.9. The SMILES string of the molecule is Cc1cccc(C)c1-n1[se]c2ccccc2c1=S. The Balaban J connectivity index is 2.39. The monoisotopic (exact) mass is 319 g/mol. The average Bonchev–Trinajstić information content (AvgIpc) is 2.68.